The number of aromatic nitrogens is 3. The van der Waals surface area contributed by atoms with Gasteiger partial charge in [0, 0.05) is 6.04 Å². The maximum Gasteiger partial charge on any atom is 0.137 e. The highest BCUT2D eigenvalue weighted by Crippen LogP contribution is 2.03. The van der Waals surface area contributed by atoms with Crippen LogP contribution in [0.25, 0.3) is 0 Å². The van der Waals surface area contributed by atoms with Crippen LogP contribution < -0.4 is 5.32 Å². The lowest BCUT2D eigenvalue weighted by atomic mass is 10.1. The molecule has 0 aliphatic carbocycles. The van der Waals surface area contributed by atoms with E-state index in [1.54, 1.807) is 12.7 Å². The SMILES string of the molecule is CCCC(C)CNC(C)Cn1cncn1. The molecule has 0 radical (unpaired) electrons. The molecule has 1 rings (SSSR count). The zero-order chi connectivity index (χ0) is 11.1. The Hall–Kier alpha value is -0.900. The highest BCUT2D eigenvalue weighted by Gasteiger charge is 2.05. The van der Waals surface area contributed by atoms with Crippen LogP contribution in [-0.4, -0.2) is 27.4 Å². The molecule has 2 atom stereocenters. The van der Waals surface area contributed by atoms with Crippen molar-refractivity contribution in [2.75, 3.05) is 6.54 Å². The molecule has 4 heteroatoms. The van der Waals surface area contributed by atoms with Gasteiger partial charge >= 0.3 is 0 Å². The third-order valence-electron chi connectivity index (χ3n) is 2.52. The molecule has 2 unspecified atom stereocenters. The Morgan fingerprint density at radius 3 is 2.80 bits per heavy atom. The summed E-state index contributed by atoms with van der Waals surface area (Å²) in [6.07, 6.45) is 5.89. The molecule has 4 nitrogen and oxygen atoms in total. The van der Waals surface area contributed by atoms with Crippen molar-refractivity contribution in [2.24, 2.45) is 5.92 Å². The molecule has 0 spiro atoms. The summed E-state index contributed by atoms with van der Waals surface area (Å²) in [5.41, 5.74) is 0. The van der Waals surface area contributed by atoms with E-state index in [-0.39, 0.29) is 0 Å². The summed E-state index contributed by atoms with van der Waals surface area (Å²) >= 11 is 0. The summed E-state index contributed by atoms with van der Waals surface area (Å²) in [5.74, 6) is 0.758. The Kier molecular flexibility index (Phi) is 5.32. The number of rotatable bonds is 7. The van der Waals surface area contributed by atoms with Gasteiger partial charge in [-0.3, -0.25) is 4.68 Å². The van der Waals surface area contributed by atoms with Crippen LogP contribution in [0.4, 0.5) is 0 Å². The first kappa shape index (κ1) is 12.2. The van der Waals surface area contributed by atoms with Crippen molar-refractivity contribution >= 4 is 0 Å². The van der Waals surface area contributed by atoms with Crippen LogP contribution >= 0.6 is 0 Å². The fraction of sp³-hybridized carbons (Fsp3) is 0.818. The van der Waals surface area contributed by atoms with E-state index in [9.17, 15) is 0 Å². The lowest BCUT2D eigenvalue weighted by Gasteiger charge is -2.17. The topological polar surface area (TPSA) is 42.7 Å². The van der Waals surface area contributed by atoms with Crippen LogP contribution in [0.5, 0.6) is 0 Å². The monoisotopic (exact) mass is 210 g/mol. The predicted molar refractivity (Wildman–Crippen MR) is 61.6 cm³/mol. The number of nitrogens with one attached hydrogen (secondary N) is 1. The third-order valence-corrected chi connectivity index (χ3v) is 2.52. The largest absolute Gasteiger partial charge is 0.312 e. The second-order valence-electron chi connectivity index (χ2n) is 4.32. The van der Waals surface area contributed by atoms with E-state index < -0.39 is 0 Å². The van der Waals surface area contributed by atoms with E-state index in [0.29, 0.717) is 6.04 Å². The van der Waals surface area contributed by atoms with Crippen molar-refractivity contribution in [3.05, 3.63) is 12.7 Å². The van der Waals surface area contributed by atoms with Gasteiger partial charge in [-0.15, -0.1) is 0 Å². The number of hydrogen-bond acceptors (Lipinski definition) is 3. The predicted octanol–water partition coefficient (Wildman–Crippen LogP) is 1.69. The summed E-state index contributed by atoms with van der Waals surface area (Å²) in [4.78, 5) is 3.92. The molecule has 1 aromatic heterocycles. The Bertz CT molecular complexity index is 245. The first-order valence-electron chi connectivity index (χ1n) is 5.78. The van der Waals surface area contributed by atoms with Gasteiger partial charge in [0.15, 0.2) is 0 Å². The van der Waals surface area contributed by atoms with Crippen molar-refractivity contribution in [1.82, 2.24) is 20.1 Å². The summed E-state index contributed by atoms with van der Waals surface area (Å²) in [5, 5.41) is 7.60. The highest BCUT2D eigenvalue weighted by molar-refractivity contribution is 4.66. The van der Waals surface area contributed by atoms with Gasteiger partial charge in [0.2, 0.25) is 0 Å². The molecule has 0 bridgehead atoms. The second-order valence-corrected chi connectivity index (χ2v) is 4.32. The van der Waals surface area contributed by atoms with Crippen LogP contribution in [0.2, 0.25) is 0 Å². The lowest BCUT2D eigenvalue weighted by molar-refractivity contribution is 0.399. The average Bonchev–Trinajstić information content (AvgIpc) is 2.68. The molecule has 86 valence electrons. The van der Waals surface area contributed by atoms with Crippen LogP contribution in [-0.2, 0) is 6.54 Å². The van der Waals surface area contributed by atoms with Gasteiger partial charge in [-0.25, -0.2) is 4.98 Å². The maximum atomic E-state index is 4.09. The molecular weight excluding hydrogens is 188 g/mol. The van der Waals surface area contributed by atoms with Gasteiger partial charge in [0.1, 0.15) is 12.7 Å². The molecule has 0 aliphatic heterocycles. The van der Waals surface area contributed by atoms with Gasteiger partial charge in [-0.1, -0.05) is 20.3 Å². The Balaban J connectivity index is 2.16. The van der Waals surface area contributed by atoms with E-state index in [1.807, 2.05) is 4.68 Å². The van der Waals surface area contributed by atoms with E-state index in [2.05, 4.69) is 36.2 Å². The Labute approximate surface area is 92.1 Å². The smallest absolute Gasteiger partial charge is 0.137 e. The van der Waals surface area contributed by atoms with E-state index >= 15 is 0 Å². The summed E-state index contributed by atoms with van der Waals surface area (Å²) in [6, 6.07) is 0.450. The van der Waals surface area contributed by atoms with Crippen LogP contribution in [0.3, 0.4) is 0 Å². The minimum atomic E-state index is 0.450. The van der Waals surface area contributed by atoms with Crippen molar-refractivity contribution < 1.29 is 0 Å². The highest BCUT2D eigenvalue weighted by atomic mass is 15.3. The molecule has 15 heavy (non-hydrogen) atoms. The van der Waals surface area contributed by atoms with Crippen molar-refractivity contribution in [1.29, 1.82) is 0 Å². The quantitative estimate of drug-likeness (QED) is 0.744. The lowest BCUT2D eigenvalue weighted by Crippen LogP contribution is -2.33. The Morgan fingerprint density at radius 2 is 2.20 bits per heavy atom. The normalized spacial score (nSPS) is 15.1. The van der Waals surface area contributed by atoms with Gasteiger partial charge in [-0.2, -0.15) is 5.10 Å². The third kappa shape index (κ3) is 4.93. The molecule has 0 amide bonds. The molecular formula is C11H22N4. The number of nitrogens with zero attached hydrogens (tertiary/aromatic N) is 3. The van der Waals surface area contributed by atoms with Crippen molar-refractivity contribution in [2.45, 2.75) is 46.2 Å². The van der Waals surface area contributed by atoms with Crippen LogP contribution in [0.15, 0.2) is 12.7 Å². The summed E-state index contributed by atoms with van der Waals surface area (Å²) in [7, 11) is 0. The zero-order valence-electron chi connectivity index (χ0n) is 9.98. The minimum absolute atomic E-state index is 0.450. The molecule has 0 aromatic carbocycles. The molecule has 1 aromatic rings. The zero-order valence-corrected chi connectivity index (χ0v) is 9.98. The van der Waals surface area contributed by atoms with Crippen molar-refractivity contribution in [3.63, 3.8) is 0 Å². The van der Waals surface area contributed by atoms with Gasteiger partial charge in [0.05, 0.1) is 6.54 Å². The molecule has 0 saturated carbocycles. The van der Waals surface area contributed by atoms with Gasteiger partial charge < -0.3 is 5.32 Å². The molecule has 0 fully saturated rings. The van der Waals surface area contributed by atoms with Crippen molar-refractivity contribution in [3.8, 4) is 0 Å². The minimum Gasteiger partial charge on any atom is -0.312 e. The van der Waals surface area contributed by atoms with Crippen LogP contribution in [0.1, 0.15) is 33.6 Å². The van der Waals surface area contributed by atoms with E-state index in [1.165, 1.54) is 12.8 Å². The number of hydrogen-bond donors (Lipinski definition) is 1. The second kappa shape index (κ2) is 6.56. The summed E-state index contributed by atoms with van der Waals surface area (Å²) in [6.45, 7) is 8.68. The Morgan fingerprint density at radius 1 is 1.40 bits per heavy atom. The maximum absolute atomic E-state index is 4.09. The van der Waals surface area contributed by atoms with E-state index in [0.717, 1.165) is 19.0 Å². The van der Waals surface area contributed by atoms with Gasteiger partial charge in [0.25, 0.3) is 0 Å². The average molecular weight is 210 g/mol. The molecule has 0 aliphatic rings. The summed E-state index contributed by atoms with van der Waals surface area (Å²) < 4.78 is 1.86. The first-order chi connectivity index (χ1) is 7.22. The van der Waals surface area contributed by atoms with E-state index in [4.69, 9.17) is 0 Å². The molecule has 1 heterocycles. The fourth-order valence-corrected chi connectivity index (χ4v) is 1.67. The molecule has 1 N–H and O–H groups in total. The van der Waals surface area contributed by atoms with Gasteiger partial charge in [-0.05, 0) is 25.8 Å². The molecule has 0 saturated heterocycles. The van der Waals surface area contributed by atoms with Crippen LogP contribution in [0, 0.1) is 5.92 Å². The fourth-order valence-electron chi connectivity index (χ4n) is 1.67. The standard InChI is InChI=1S/C11H22N4/c1-4-5-10(2)6-13-11(3)7-15-9-12-8-14-15/h8-11,13H,4-7H2,1-3H3. The first-order valence-corrected chi connectivity index (χ1v) is 5.78.